The average molecular weight is 415 g/mol. The van der Waals surface area contributed by atoms with Gasteiger partial charge in [0.05, 0.1) is 4.90 Å². The minimum absolute atomic E-state index is 0.111. The van der Waals surface area contributed by atoms with Gasteiger partial charge in [-0.3, -0.25) is 4.79 Å². The average Bonchev–Trinajstić information content (AvgIpc) is 2.61. The molecule has 0 aromatic heterocycles. The number of hydrogen-bond acceptors (Lipinski definition) is 4. The summed E-state index contributed by atoms with van der Waals surface area (Å²) in [6.45, 7) is 0.163. The van der Waals surface area contributed by atoms with Crippen molar-refractivity contribution in [3.05, 3.63) is 54.1 Å². The van der Waals surface area contributed by atoms with Crippen molar-refractivity contribution in [3.8, 4) is 0 Å². The summed E-state index contributed by atoms with van der Waals surface area (Å²) >= 11 is 0. The summed E-state index contributed by atoms with van der Waals surface area (Å²) in [5, 5.41) is 1.65. The highest BCUT2D eigenvalue weighted by atomic mass is 32.2. The first-order valence-electron chi connectivity index (χ1n) is 8.23. The van der Waals surface area contributed by atoms with E-state index in [-0.39, 0.29) is 17.1 Å². The summed E-state index contributed by atoms with van der Waals surface area (Å²) in [5.41, 5.74) is 1.84. The lowest BCUT2D eigenvalue weighted by Gasteiger charge is -2.13. The van der Waals surface area contributed by atoms with Crippen molar-refractivity contribution in [2.45, 2.75) is 17.5 Å². The van der Waals surface area contributed by atoms with Gasteiger partial charge >= 0.3 is 12.1 Å². The normalized spacial score (nSPS) is 11.9. The molecule has 0 bridgehead atoms. The molecule has 0 saturated heterocycles. The smallest absolute Gasteiger partial charge is 0.378 e. The van der Waals surface area contributed by atoms with Gasteiger partial charge in [-0.15, -0.1) is 0 Å². The first-order chi connectivity index (χ1) is 13.0. The summed E-state index contributed by atoms with van der Waals surface area (Å²) in [4.78, 5) is 12.7. The molecule has 6 nitrogen and oxygen atoms in total. The summed E-state index contributed by atoms with van der Waals surface area (Å²) in [5.74, 6) is -2.12. The summed E-state index contributed by atoms with van der Waals surface area (Å²) in [6.07, 6.45) is -4.54. The Kier molecular flexibility index (Phi) is 6.68. The Bertz CT molecular complexity index is 910. The highest BCUT2D eigenvalue weighted by Gasteiger charge is 2.38. The molecule has 0 unspecified atom stereocenters. The molecule has 152 valence electrons. The second kappa shape index (κ2) is 8.61. The first-order valence-corrected chi connectivity index (χ1v) is 9.71. The van der Waals surface area contributed by atoms with Crippen LogP contribution >= 0.6 is 0 Å². The number of alkyl halides is 3. The molecule has 2 aromatic carbocycles. The minimum atomic E-state index is -5.02. The molecule has 0 fully saturated rings. The van der Waals surface area contributed by atoms with Crippen molar-refractivity contribution in [1.82, 2.24) is 4.72 Å². The molecule has 0 saturated carbocycles. The molecule has 2 aromatic rings. The van der Waals surface area contributed by atoms with E-state index in [2.05, 4.69) is 4.72 Å². The van der Waals surface area contributed by atoms with E-state index in [0.29, 0.717) is 6.42 Å². The van der Waals surface area contributed by atoms with Crippen LogP contribution in [-0.4, -0.2) is 41.1 Å². The lowest BCUT2D eigenvalue weighted by molar-refractivity contribution is -0.167. The number of amides is 1. The van der Waals surface area contributed by atoms with E-state index in [1.165, 1.54) is 0 Å². The Labute approximate surface area is 161 Å². The zero-order valence-electron chi connectivity index (χ0n) is 15.2. The maximum atomic E-state index is 12.3. The van der Waals surface area contributed by atoms with Gasteiger partial charge < -0.3 is 10.2 Å². The number of carbonyl (C=O) groups is 1. The van der Waals surface area contributed by atoms with Gasteiger partial charge in [-0.05, 0) is 48.4 Å². The highest BCUT2D eigenvalue weighted by molar-refractivity contribution is 7.89. The van der Waals surface area contributed by atoms with Crippen LogP contribution in [-0.2, 0) is 21.2 Å². The molecule has 10 heteroatoms. The van der Waals surface area contributed by atoms with Crippen molar-refractivity contribution in [1.29, 1.82) is 0 Å². The van der Waals surface area contributed by atoms with E-state index in [1.807, 2.05) is 43.3 Å². The van der Waals surface area contributed by atoms with Crippen molar-refractivity contribution in [3.63, 3.8) is 0 Å². The molecule has 0 aliphatic carbocycles. The molecule has 0 aliphatic rings. The molecule has 0 atom stereocenters. The number of hydrogen-bond donors (Lipinski definition) is 2. The predicted molar refractivity (Wildman–Crippen MR) is 101 cm³/mol. The van der Waals surface area contributed by atoms with Crippen LogP contribution in [0.2, 0.25) is 0 Å². The fourth-order valence-corrected chi connectivity index (χ4v) is 3.33. The Hall–Kier alpha value is -2.59. The molecule has 1 amide bonds. The molecule has 2 N–H and O–H groups in total. The van der Waals surface area contributed by atoms with Crippen molar-refractivity contribution in [2.75, 3.05) is 30.9 Å². The van der Waals surface area contributed by atoms with Gasteiger partial charge in [0.25, 0.3) is 0 Å². The summed E-state index contributed by atoms with van der Waals surface area (Å²) in [7, 11) is 0.0204. The molecule has 0 radical (unpaired) electrons. The maximum Gasteiger partial charge on any atom is 0.471 e. The van der Waals surface area contributed by atoms with Crippen LogP contribution in [0.25, 0.3) is 0 Å². The van der Waals surface area contributed by atoms with E-state index in [1.54, 1.807) is 5.32 Å². The summed E-state index contributed by atoms with van der Waals surface area (Å²) < 4.78 is 63.7. The van der Waals surface area contributed by atoms with Crippen LogP contribution in [0.15, 0.2) is 53.4 Å². The van der Waals surface area contributed by atoms with Crippen LogP contribution in [0.5, 0.6) is 0 Å². The van der Waals surface area contributed by atoms with Gasteiger partial charge in [0.1, 0.15) is 0 Å². The standard InChI is InChI=1S/C18H20F3N3O3S/c1-24(2)15-7-3-13(4-8-15)11-12-22-28(26,27)16-9-5-14(6-10-16)23-17(25)18(19,20)21/h3-10,22H,11-12H2,1-2H3,(H,23,25). The van der Waals surface area contributed by atoms with Gasteiger partial charge in [0, 0.05) is 32.0 Å². The Morgan fingerprint density at radius 1 is 1.00 bits per heavy atom. The van der Waals surface area contributed by atoms with E-state index < -0.39 is 22.1 Å². The Morgan fingerprint density at radius 2 is 1.57 bits per heavy atom. The second-order valence-electron chi connectivity index (χ2n) is 6.18. The molecule has 2 rings (SSSR count). The first kappa shape index (κ1) is 21.7. The topological polar surface area (TPSA) is 78.5 Å². The van der Waals surface area contributed by atoms with Crippen LogP contribution < -0.4 is 14.9 Å². The fraction of sp³-hybridized carbons (Fsp3) is 0.278. The zero-order chi connectivity index (χ0) is 20.9. The highest BCUT2D eigenvalue weighted by Crippen LogP contribution is 2.19. The maximum absolute atomic E-state index is 12.3. The predicted octanol–water partition coefficient (Wildman–Crippen LogP) is 2.77. The molecule has 0 spiro atoms. The third kappa shape index (κ3) is 5.96. The summed E-state index contributed by atoms with van der Waals surface area (Å²) in [6, 6.07) is 12.1. The van der Waals surface area contributed by atoms with Gasteiger partial charge in [-0.1, -0.05) is 12.1 Å². The quantitative estimate of drug-likeness (QED) is 0.729. The van der Waals surface area contributed by atoms with Gasteiger partial charge in [-0.2, -0.15) is 13.2 Å². The number of carbonyl (C=O) groups excluding carboxylic acids is 1. The van der Waals surface area contributed by atoms with Crippen LogP contribution in [0.1, 0.15) is 5.56 Å². The minimum Gasteiger partial charge on any atom is -0.378 e. The monoisotopic (exact) mass is 415 g/mol. The van der Waals surface area contributed by atoms with E-state index in [4.69, 9.17) is 0 Å². The van der Waals surface area contributed by atoms with Crippen LogP contribution in [0.4, 0.5) is 24.5 Å². The number of anilines is 2. The number of benzene rings is 2. The van der Waals surface area contributed by atoms with Crippen molar-refractivity contribution < 1.29 is 26.4 Å². The van der Waals surface area contributed by atoms with E-state index >= 15 is 0 Å². The third-order valence-corrected chi connectivity index (χ3v) is 5.32. The fourth-order valence-electron chi connectivity index (χ4n) is 2.29. The molecule has 28 heavy (non-hydrogen) atoms. The SMILES string of the molecule is CN(C)c1ccc(CCNS(=O)(=O)c2ccc(NC(=O)C(F)(F)F)cc2)cc1. The lowest BCUT2D eigenvalue weighted by Crippen LogP contribution is -2.30. The van der Waals surface area contributed by atoms with Crippen LogP contribution in [0.3, 0.4) is 0 Å². The van der Waals surface area contributed by atoms with Gasteiger partial charge in [0.15, 0.2) is 0 Å². The number of halogens is 3. The lowest BCUT2D eigenvalue weighted by atomic mass is 10.1. The third-order valence-electron chi connectivity index (χ3n) is 3.84. The number of nitrogens with zero attached hydrogens (tertiary/aromatic N) is 1. The molecule has 0 aliphatic heterocycles. The second-order valence-corrected chi connectivity index (χ2v) is 7.95. The number of rotatable bonds is 7. The Balaban J connectivity index is 1.94. The number of sulfonamides is 1. The van der Waals surface area contributed by atoms with Gasteiger partial charge in [-0.25, -0.2) is 13.1 Å². The van der Waals surface area contributed by atoms with E-state index in [0.717, 1.165) is 35.5 Å². The molecular formula is C18H20F3N3O3S. The van der Waals surface area contributed by atoms with E-state index in [9.17, 15) is 26.4 Å². The zero-order valence-corrected chi connectivity index (χ0v) is 16.1. The largest absolute Gasteiger partial charge is 0.471 e. The Morgan fingerprint density at radius 3 is 2.07 bits per heavy atom. The van der Waals surface area contributed by atoms with Crippen molar-refractivity contribution in [2.24, 2.45) is 0 Å². The van der Waals surface area contributed by atoms with Gasteiger partial charge in [0.2, 0.25) is 10.0 Å². The van der Waals surface area contributed by atoms with Crippen LogP contribution in [0, 0.1) is 0 Å². The molecular weight excluding hydrogens is 395 g/mol. The molecule has 0 heterocycles. The van der Waals surface area contributed by atoms with Crippen molar-refractivity contribution >= 4 is 27.3 Å². The number of nitrogens with one attached hydrogen (secondary N) is 2.